The van der Waals surface area contributed by atoms with Gasteiger partial charge in [-0.2, -0.15) is 0 Å². The van der Waals surface area contributed by atoms with Gasteiger partial charge < -0.3 is 14.2 Å². The number of hydrogen-bond acceptors (Lipinski definition) is 5. The lowest BCUT2D eigenvalue weighted by Crippen LogP contribution is -2.34. The number of rotatable bonds is 7. The third-order valence-corrected chi connectivity index (χ3v) is 4.01. The Morgan fingerprint density at radius 3 is 2.85 bits per heavy atom. The summed E-state index contributed by atoms with van der Waals surface area (Å²) in [7, 11) is 1.59. The van der Waals surface area contributed by atoms with Crippen molar-refractivity contribution in [3.8, 4) is 11.3 Å². The zero-order valence-electron chi connectivity index (χ0n) is 14.3. The minimum atomic E-state index is -0.246. The first kappa shape index (κ1) is 18.1. The van der Waals surface area contributed by atoms with Crippen LogP contribution in [0, 0.1) is 0 Å². The summed E-state index contributed by atoms with van der Waals surface area (Å²) in [5.41, 5.74) is 1.78. The van der Waals surface area contributed by atoms with Crippen molar-refractivity contribution in [2.24, 2.45) is 0 Å². The zero-order chi connectivity index (χ0) is 18.4. The van der Waals surface area contributed by atoms with Gasteiger partial charge in [-0.1, -0.05) is 35.0 Å². The van der Waals surface area contributed by atoms with Crippen LogP contribution in [0.15, 0.2) is 59.3 Å². The summed E-state index contributed by atoms with van der Waals surface area (Å²) in [5.74, 6) is 0.241. The Morgan fingerprint density at radius 2 is 2.12 bits per heavy atom. The van der Waals surface area contributed by atoms with Gasteiger partial charge in [0.2, 0.25) is 0 Å². The predicted octanol–water partition coefficient (Wildman–Crippen LogP) is 3.68. The maximum absolute atomic E-state index is 12.9. The first-order valence-electron chi connectivity index (χ1n) is 8.08. The van der Waals surface area contributed by atoms with Crippen molar-refractivity contribution < 1.29 is 14.1 Å². The highest BCUT2D eigenvalue weighted by atomic mass is 35.5. The summed E-state index contributed by atoms with van der Waals surface area (Å²) in [6.07, 6.45) is 1.70. The Hall–Kier alpha value is -2.70. The molecule has 0 N–H and O–H groups in total. The fourth-order valence-electron chi connectivity index (χ4n) is 2.46. The van der Waals surface area contributed by atoms with Gasteiger partial charge in [0.25, 0.3) is 5.91 Å². The second-order valence-electron chi connectivity index (χ2n) is 5.63. The molecule has 0 aliphatic rings. The van der Waals surface area contributed by atoms with Crippen LogP contribution in [0.25, 0.3) is 11.3 Å². The number of amides is 1. The van der Waals surface area contributed by atoms with Crippen molar-refractivity contribution in [3.05, 3.63) is 71.1 Å². The van der Waals surface area contributed by atoms with Gasteiger partial charge in [-0.15, -0.1) is 0 Å². The van der Waals surface area contributed by atoms with Gasteiger partial charge in [0.05, 0.1) is 18.8 Å². The molecule has 0 saturated heterocycles. The van der Waals surface area contributed by atoms with Crippen LogP contribution in [0.2, 0.25) is 5.02 Å². The summed E-state index contributed by atoms with van der Waals surface area (Å²) in [6, 6.07) is 14.4. The Kier molecular flexibility index (Phi) is 5.99. The lowest BCUT2D eigenvalue weighted by Gasteiger charge is -2.20. The average Bonchev–Trinajstić information content (AvgIpc) is 3.15. The number of pyridine rings is 1. The second-order valence-corrected chi connectivity index (χ2v) is 6.06. The number of benzene rings is 1. The summed E-state index contributed by atoms with van der Waals surface area (Å²) in [5, 5.41) is 4.51. The van der Waals surface area contributed by atoms with E-state index < -0.39 is 0 Å². The van der Waals surface area contributed by atoms with E-state index in [0.717, 1.165) is 11.3 Å². The van der Waals surface area contributed by atoms with Crippen LogP contribution in [0.1, 0.15) is 16.2 Å². The van der Waals surface area contributed by atoms with Gasteiger partial charge in [-0.05, 0) is 24.3 Å². The van der Waals surface area contributed by atoms with Crippen LogP contribution in [0.5, 0.6) is 0 Å². The van der Waals surface area contributed by atoms with E-state index in [1.54, 1.807) is 36.4 Å². The average molecular weight is 372 g/mol. The van der Waals surface area contributed by atoms with Gasteiger partial charge in [0, 0.05) is 36.5 Å². The zero-order valence-corrected chi connectivity index (χ0v) is 15.0. The molecule has 0 saturated carbocycles. The molecule has 3 rings (SSSR count). The van der Waals surface area contributed by atoms with Crippen LogP contribution in [0.4, 0.5) is 0 Å². The van der Waals surface area contributed by atoms with Crippen LogP contribution < -0.4 is 0 Å². The van der Waals surface area contributed by atoms with Crippen LogP contribution in [-0.4, -0.2) is 41.2 Å². The van der Waals surface area contributed by atoms with E-state index in [-0.39, 0.29) is 11.6 Å². The van der Waals surface area contributed by atoms with Crippen molar-refractivity contribution in [3.63, 3.8) is 0 Å². The van der Waals surface area contributed by atoms with Crippen molar-refractivity contribution in [1.82, 2.24) is 15.0 Å². The smallest absolute Gasteiger partial charge is 0.276 e. The molecule has 7 heteroatoms. The topological polar surface area (TPSA) is 68.5 Å². The highest BCUT2D eigenvalue weighted by molar-refractivity contribution is 6.30. The number of nitrogens with zero attached hydrogens (tertiary/aromatic N) is 3. The van der Waals surface area contributed by atoms with Crippen molar-refractivity contribution >= 4 is 17.5 Å². The molecule has 0 fully saturated rings. The molecule has 0 unspecified atom stereocenters. The van der Waals surface area contributed by atoms with Crippen molar-refractivity contribution in [2.75, 3.05) is 20.3 Å². The van der Waals surface area contributed by atoms with Gasteiger partial charge in [-0.25, -0.2) is 0 Å². The molecule has 0 spiro atoms. The Morgan fingerprint density at radius 1 is 1.23 bits per heavy atom. The molecule has 2 aromatic heterocycles. The van der Waals surface area contributed by atoms with Gasteiger partial charge in [-0.3, -0.25) is 9.78 Å². The first-order chi connectivity index (χ1) is 12.7. The number of halogens is 1. The normalized spacial score (nSPS) is 10.7. The monoisotopic (exact) mass is 371 g/mol. The largest absolute Gasteiger partial charge is 0.383 e. The quantitative estimate of drug-likeness (QED) is 0.633. The molecule has 3 aromatic rings. The fourth-order valence-corrected chi connectivity index (χ4v) is 2.65. The SMILES string of the molecule is COCCN(Cc1ccccn1)C(=O)c1cc(-c2cccc(Cl)c2)on1. The molecule has 26 heavy (non-hydrogen) atoms. The van der Waals surface area contributed by atoms with Crippen molar-refractivity contribution in [2.45, 2.75) is 6.54 Å². The summed E-state index contributed by atoms with van der Waals surface area (Å²) >= 11 is 6.00. The molecule has 0 atom stereocenters. The van der Waals surface area contributed by atoms with E-state index in [9.17, 15) is 4.79 Å². The van der Waals surface area contributed by atoms with Gasteiger partial charge in [0.1, 0.15) is 0 Å². The van der Waals surface area contributed by atoms with E-state index in [2.05, 4.69) is 10.1 Å². The van der Waals surface area contributed by atoms with Crippen LogP contribution in [-0.2, 0) is 11.3 Å². The minimum absolute atomic E-state index is 0.229. The highest BCUT2D eigenvalue weighted by Crippen LogP contribution is 2.24. The third kappa shape index (κ3) is 4.47. The first-order valence-corrected chi connectivity index (χ1v) is 8.46. The number of hydrogen-bond donors (Lipinski definition) is 0. The Balaban J connectivity index is 1.80. The number of aromatic nitrogens is 2. The number of methoxy groups -OCH3 is 1. The molecule has 1 aromatic carbocycles. The second kappa shape index (κ2) is 8.60. The molecule has 0 aliphatic carbocycles. The molecule has 2 heterocycles. The summed E-state index contributed by atoms with van der Waals surface area (Å²) < 4.78 is 10.4. The highest BCUT2D eigenvalue weighted by Gasteiger charge is 2.21. The van der Waals surface area contributed by atoms with Crippen LogP contribution >= 0.6 is 11.6 Å². The van der Waals surface area contributed by atoms with E-state index in [0.29, 0.717) is 30.5 Å². The van der Waals surface area contributed by atoms with Crippen LogP contribution in [0.3, 0.4) is 0 Å². The maximum Gasteiger partial charge on any atom is 0.276 e. The molecular weight excluding hydrogens is 354 g/mol. The van der Waals surface area contributed by atoms with E-state index in [1.165, 1.54) is 0 Å². The fraction of sp³-hybridized carbons (Fsp3) is 0.211. The Labute approximate surface area is 156 Å². The molecule has 134 valence electrons. The molecule has 0 bridgehead atoms. The third-order valence-electron chi connectivity index (χ3n) is 3.77. The van der Waals surface area contributed by atoms with E-state index >= 15 is 0 Å². The minimum Gasteiger partial charge on any atom is -0.383 e. The molecule has 1 amide bonds. The van der Waals surface area contributed by atoms with Gasteiger partial charge in [0.15, 0.2) is 11.5 Å². The number of carbonyl (C=O) groups excluding carboxylic acids is 1. The summed E-state index contributed by atoms with van der Waals surface area (Å²) in [4.78, 5) is 18.8. The lowest BCUT2D eigenvalue weighted by atomic mass is 10.1. The molecule has 6 nitrogen and oxygen atoms in total. The van der Waals surface area contributed by atoms with E-state index in [4.69, 9.17) is 20.9 Å². The number of carbonyl (C=O) groups is 1. The summed E-state index contributed by atoms with van der Waals surface area (Å²) in [6.45, 7) is 1.20. The number of ether oxygens (including phenoxy) is 1. The lowest BCUT2D eigenvalue weighted by molar-refractivity contribution is 0.0668. The predicted molar refractivity (Wildman–Crippen MR) is 97.8 cm³/mol. The van der Waals surface area contributed by atoms with Gasteiger partial charge >= 0.3 is 0 Å². The molecular formula is C19H18ClN3O3. The molecule has 0 aliphatic heterocycles. The van der Waals surface area contributed by atoms with Crippen molar-refractivity contribution in [1.29, 1.82) is 0 Å². The van der Waals surface area contributed by atoms with E-state index in [1.807, 2.05) is 30.3 Å². The maximum atomic E-state index is 12.9. The Bertz CT molecular complexity index is 867. The molecule has 0 radical (unpaired) electrons. The standard InChI is InChI=1S/C19H18ClN3O3/c1-25-10-9-23(13-16-7-2-3-8-21-16)19(24)17-12-18(26-22-17)14-5-4-6-15(20)11-14/h2-8,11-12H,9-10,13H2,1H3.